The van der Waals surface area contributed by atoms with Crippen molar-refractivity contribution in [3.8, 4) is 0 Å². The van der Waals surface area contributed by atoms with Gasteiger partial charge in [-0.3, -0.25) is 10.9 Å². The van der Waals surface area contributed by atoms with Gasteiger partial charge in [0.15, 0.2) is 5.11 Å². The van der Waals surface area contributed by atoms with Gasteiger partial charge in [0.05, 0.1) is 5.69 Å². The van der Waals surface area contributed by atoms with Gasteiger partial charge in [-0.15, -0.1) is 0 Å². The van der Waals surface area contributed by atoms with Crippen molar-refractivity contribution >= 4 is 38.9 Å². The highest BCUT2D eigenvalue weighted by molar-refractivity contribution is 9.10. The van der Waals surface area contributed by atoms with E-state index in [2.05, 4.69) is 39.0 Å². The van der Waals surface area contributed by atoms with Crippen LogP contribution in [-0.4, -0.2) is 5.11 Å². The van der Waals surface area contributed by atoms with E-state index in [-0.39, 0.29) is 10.8 Å². The second-order valence-electron chi connectivity index (χ2n) is 2.24. The fraction of sp³-hybridized carbons (Fsp3) is 0. The number of thiocarbonyl (C=S) groups is 1. The maximum absolute atomic E-state index is 13.1. The number of anilines is 1. The molecule has 0 saturated carbocycles. The van der Waals surface area contributed by atoms with Gasteiger partial charge in [-0.1, -0.05) is 15.9 Å². The SMILES string of the molecule is NC(=S)NNc1ccc(Br)cc1F. The molecule has 0 aromatic heterocycles. The van der Waals surface area contributed by atoms with Gasteiger partial charge in [-0.2, -0.15) is 0 Å². The number of benzene rings is 1. The van der Waals surface area contributed by atoms with Crippen LogP contribution in [0, 0.1) is 5.82 Å². The third kappa shape index (κ3) is 3.16. The van der Waals surface area contributed by atoms with Crippen molar-refractivity contribution in [2.75, 3.05) is 5.43 Å². The Bertz CT molecular complexity index is 332. The molecule has 13 heavy (non-hydrogen) atoms. The molecule has 0 radical (unpaired) electrons. The Morgan fingerprint density at radius 2 is 2.23 bits per heavy atom. The molecule has 4 N–H and O–H groups in total. The van der Waals surface area contributed by atoms with Gasteiger partial charge in [-0.05, 0) is 30.4 Å². The number of hydrogen-bond acceptors (Lipinski definition) is 2. The van der Waals surface area contributed by atoms with E-state index in [0.717, 1.165) is 0 Å². The maximum atomic E-state index is 13.1. The van der Waals surface area contributed by atoms with Crippen LogP contribution >= 0.6 is 28.1 Å². The summed E-state index contributed by atoms with van der Waals surface area (Å²) in [5, 5.41) is 0.0577. The van der Waals surface area contributed by atoms with Crippen LogP contribution in [0.15, 0.2) is 22.7 Å². The Morgan fingerprint density at radius 1 is 1.54 bits per heavy atom. The zero-order chi connectivity index (χ0) is 9.84. The number of hydrogen-bond donors (Lipinski definition) is 3. The first-order chi connectivity index (χ1) is 6.09. The smallest absolute Gasteiger partial charge is 0.182 e. The summed E-state index contributed by atoms with van der Waals surface area (Å²) >= 11 is 7.67. The second kappa shape index (κ2) is 4.38. The van der Waals surface area contributed by atoms with Crippen molar-refractivity contribution in [3.63, 3.8) is 0 Å². The summed E-state index contributed by atoms with van der Waals surface area (Å²) in [6.45, 7) is 0. The van der Waals surface area contributed by atoms with Crippen LogP contribution in [0.2, 0.25) is 0 Å². The molecule has 0 aliphatic heterocycles. The van der Waals surface area contributed by atoms with Crippen LogP contribution in [0.1, 0.15) is 0 Å². The molecule has 70 valence electrons. The van der Waals surface area contributed by atoms with Crippen LogP contribution in [0.5, 0.6) is 0 Å². The summed E-state index contributed by atoms with van der Waals surface area (Å²) in [7, 11) is 0. The Labute approximate surface area is 88.6 Å². The summed E-state index contributed by atoms with van der Waals surface area (Å²) in [5.41, 5.74) is 10.4. The van der Waals surface area contributed by atoms with Crippen molar-refractivity contribution in [2.45, 2.75) is 0 Å². The molecule has 6 heteroatoms. The molecule has 0 spiro atoms. The molecule has 0 fully saturated rings. The average molecular weight is 264 g/mol. The van der Waals surface area contributed by atoms with E-state index in [4.69, 9.17) is 5.73 Å². The molecular weight excluding hydrogens is 257 g/mol. The number of rotatable bonds is 2. The number of nitrogens with two attached hydrogens (primary N) is 1. The Kier molecular flexibility index (Phi) is 3.44. The van der Waals surface area contributed by atoms with Crippen molar-refractivity contribution in [2.24, 2.45) is 5.73 Å². The van der Waals surface area contributed by atoms with Crippen LogP contribution in [0.4, 0.5) is 10.1 Å². The van der Waals surface area contributed by atoms with Gasteiger partial charge in [0, 0.05) is 4.47 Å². The van der Waals surface area contributed by atoms with Crippen LogP contribution in [-0.2, 0) is 0 Å². The molecular formula is C7H7BrFN3S. The predicted molar refractivity (Wildman–Crippen MR) is 57.6 cm³/mol. The van der Waals surface area contributed by atoms with Gasteiger partial charge in [0.25, 0.3) is 0 Å². The highest BCUT2D eigenvalue weighted by Gasteiger charge is 2.00. The van der Waals surface area contributed by atoms with E-state index in [1.807, 2.05) is 0 Å². The highest BCUT2D eigenvalue weighted by Crippen LogP contribution is 2.18. The molecule has 3 nitrogen and oxygen atoms in total. The number of nitrogens with one attached hydrogen (secondary N) is 2. The Balaban J connectivity index is 2.72. The van der Waals surface area contributed by atoms with Gasteiger partial charge >= 0.3 is 0 Å². The Hall–Kier alpha value is -0.880. The molecule has 0 atom stereocenters. The summed E-state index contributed by atoms with van der Waals surface area (Å²) in [6, 6.07) is 4.60. The molecule has 0 unspecified atom stereocenters. The molecule has 1 aromatic rings. The fourth-order valence-electron chi connectivity index (χ4n) is 0.720. The quantitative estimate of drug-likeness (QED) is 0.562. The van der Waals surface area contributed by atoms with Gasteiger partial charge < -0.3 is 5.73 Å². The zero-order valence-corrected chi connectivity index (χ0v) is 8.88. The standard InChI is InChI=1S/C7H7BrFN3S/c8-4-1-2-6(5(9)3-4)11-12-7(10)13/h1-3,11H,(H3,10,12,13). The van der Waals surface area contributed by atoms with Crippen molar-refractivity contribution in [1.82, 2.24) is 5.43 Å². The largest absolute Gasteiger partial charge is 0.375 e. The van der Waals surface area contributed by atoms with Crippen molar-refractivity contribution in [3.05, 3.63) is 28.5 Å². The molecule has 0 heterocycles. The van der Waals surface area contributed by atoms with E-state index in [1.54, 1.807) is 12.1 Å². The highest BCUT2D eigenvalue weighted by atomic mass is 79.9. The molecule has 0 aliphatic carbocycles. The monoisotopic (exact) mass is 263 g/mol. The van der Waals surface area contributed by atoms with E-state index < -0.39 is 5.82 Å². The predicted octanol–water partition coefficient (Wildman–Crippen LogP) is 1.75. The first kappa shape index (κ1) is 10.2. The van der Waals surface area contributed by atoms with E-state index >= 15 is 0 Å². The van der Waals surface area contributed by atoms with Gasteiger partial charge in [0.2, 0.25) is 0 Å². The molecule has 0 aliphatic rings. The molecule has 0 amide bonds. The minimum Gasteiger partial charge on any atom is -0.375 e. The lowest BCUT2D eigenvalue weighted by Crippen LogP contribution is -2.34. The lowest BCUT2D eigenvalue weighted by Gasteiger charge is -2.08. The van der Waals surface area contributed by atoms with Crippen molar-refractivity contribution in [1.29, 1.82) is 0 Å². The molecule has 0 saturated heterocycles. The first-order valence-corrected chi connectivity index (χ1v) is 4.56. The zero-order valence-electron chi connectivity index (χ0n) is 6.47. The fourth-order valence-corrected chi connectivity index (χ4v) is 1.10. The number of hydrazine groups is 1. The molecule has 1 rings (SSSR count). The average Bonchev–Trinajstić information content (AvgIpc) is 2.02. The van der Waals surface area contributed by atoms with Crippen LogP contribution < -0.4 is 16.6 Å². The van der Waals surface area contributed by atoms with Crippen molar-refractivity contribution < 1.29 is 4.39 Å². The van der Waals surface area contributed by atoms with Gasteiger partial charge in [0.1, 0.15) is 5.82 Å². The summed E-state index contributed by atoms with van der Waals surface area (Å²) in [6.07, 6.45) is 0. The third-order valence-corrected chi connectivity index (χ3v) is 1.85. The summed E-state index contributed by atoms with van der Waals surface area (Å²) in [4.78, 5) is 0. The maximum Gasteiger partial charge on any atom is 0.182 e. The first-order valence-electron chi connectivity index (χ1n) is 3.36. The minimum absolute atomic E-state index is 0.0577. The molecule has 1 aromatic carbocycles. The summed E-state index contributed by atoms with van der Waals surface area (Å²) in [5.74, 6) is -0.391. The minimum atomic E-state index is -0.391. The summed E-state index contributed by atoms with van der Waals surface area (Å²) < 4.78 is 13.8. The Morgan fingerprint density at radius 3 is 2.77 bits per heavy atom. The molecule has 0 bridgehead atoms. The third-order valence-electron chi connectivity index (χ3n) is 1.25. The van der Waals surface area contributed by atoms with E-state index in [0.29, 0.717) is 4.47 Å². The van der Waals surface area contributed by atoms with Crippen LogP contribution in [0.25, 0.3) is 0 Å². The number of halogens is 2. The van der Waals surface area contributed by atoms with Gasteiger partial charge in [-0.25, -0.2) is 4.39 Å². The second-order valence-corrected chi connectivity index (χ2v) is 3.59. The van der Waals surface area contributed by atoms with Crippen LogP contribution in [0.3, 0.4) is 0 Å². The lowest BCUT2D eigenvalue weighted by atomic mass is 10.3. The lowest BCUT2D eigenvalue weighted by molar-refractivity contribution is 0.628. The topological polar surface area (TPSA) is 50.1 Å². The normalized spacial score (nSPS) is 9.38. The van der Waals surface area contributed by atoms with E-state index in [9.17, 15) is 4.39 Å². The van der Waals surface area contributed by atoms with E-state index in [1.165, 1.54) is 6.07 Å².